The number of rotatable bonds is 12. The zero-order valence-electron chi connectivity index (χ0n) is 26.1. The van der Waals surface area contributed by atoms with Crippen molar-refractivity contribution in [2.45, 2.75) is 50.9 Å². The molecular formula is C35H35ClF3N3O4S. The van der Waals surface area contributed by atoms with E-state index in [1.54, 1.807) is 50.2 Å². The van der Waals surface area contributed by atoms with E-state index >= 15 is 0 Å². The molecule has 47 heavy (non-hydrogen) atoms. The van der Waals surface area contributed by atoms with E-state index in [9.17, 15) is 31.2 Å². The summed E-state index contributed by atoms with van der Waals surface area (Å²) in [5, 5.41) is 2.15. The molecule has 1 atom stereocenters. The maximum atomic E-state index is 14.5. The first-order valence-electron chi connectivity index (χ1n) is 14.8. The second kappa shape index (κ2) is 15.0. The van der Waals surface area contributed by atoms with Crippen LogP contribution in [0, 0.1) is 13.8 Å². The van der Waals surface area contributed by atoms with Crippen molar-refractivity contribution in [3.63, 3.8) is 0 Å². The van der Waals surface area contributed by atoms with E-state index in [0.717, 1.165) is 28.8 Å². The van der Waals surface area contributed by atoms with Gasteiger partial charge in [-0.25, -0.2) is 8.42 Å². The Kier molecular flexibility index (Phi) is 11.4. The van der Waals surface area contributed by atoms with Gasteiger partial charge in [-0.05, 0) is 67.8 Å². The SMILES string of the molecule is CCNC(=O)[C@H](Cc1ccccc1)N(Cc1ccccc1C)C(=O)CN(c1ccc(Cl)c(C(F)(F)F)c1)S(=O)(=O)c1ccc(C)cc1. The molecule has 7 nitrogen and oxygen atoms in total. The van der Waals surface area contributed by atoms with Crippen LogP contribution in [-0.2, 0) is 38.8 Å². The van der Waals surface area contributed by atoms with Gasteiger partial charge in [0.15, 0.2) is 0 Å². The highest BCUT2D eigenvalue weighted by molar-refractivity contribution is 7.92. The molecule has 0 aliphatic rings. The summed E-state index contributed by atoms with van der Waals surface area (Å²) in [6.45, 7) is 4.65. The fraction of sp³-hybridized carbons (Fsp3) is 0.257. The van der Waals surface area contributed by atoms with Crippen molar-refractivity contribution in [2.24, 2.45) is 0 Å². The fourth-order valence-corrected chi connectivity index (χ4v) is 6.70. The van der Waals surface area contributed by atoms with E-state index in [1.807, 2.05) is 37.3 Å². The molecule has 0 radical (unpaired) electrons. The molecule has 0 fully saturated rings. The lowest BCUT2D eigenvalue weighted by atomic mass is 10.0. The van der Waals surface area contributed by atoms with Crippen molar-refractivity contribution < 1.29 is 31.2 Å². The van der Waals surface area contributed by atoms with Gasteiger partial charge in [0.25, 0.3) is 10.0 Å². The summed E-state index contributed by atoms with van der Waals surface area (Å²) in [6, 6.07) is 23.6. The van der Waals surface area contributed by atoms with Gasteiger partial charge < -0.3 is 10.2 Å². The summed E-state index contributed by atoms with van der Waals surface area (Å²) in [7, 11) is -4.60. The number of hydrogen-bond acceptors (Lipinski definition) is 4. The Morgan fingerprint density at radius 1 is 0.894 bits per heavy atom. The van der Waals surface area contributed by atoms with Gasteiger partial charge in [-0.3, -0.25) is 13.9 Å². The van der Waals surface area contributed by atoms with Crippen LogP contribution in [0.15, 0.2) is 102 Å². The van der Waals surface area contributed by atoms with Crippen LogP contribution in [-0.4, -0.2) is 44.3 Å². The minimum atomic E-state index is -4.90. The van der Waals surface area contributed by atoms with Gasteiger partial charge in [-0.2, -0.15) is 13.2 Å². The average Bonchev–Trinajstić information content (AvgIpc) is 3.03. The summed E-state index contributed by atoms with van der Waals surface area (Å²) in [5.41, 5.74) is 1.38. The molecule has 0 bridgehead atoms. The van der Waals surface area contributed by atoms with Crippen molar-refractivity contribution in [1.29, 1.82) is 0 Å². The summed E-state index contributed by atoms with van der Waals surface area (Å²) in [5.74, 6) is -1.25. The first-order chi connectivity index (χ1) is 22.2. The van der Waals surface area contributed by atoms with Crippen LogP contribution in [0.5, 0.6) is 0 Å². The van der Waals surface area contributed by atoms with Crippen LogP contribution < -0.4 is 9.62 Å². The van der Waals surface area contributed by atoms with Crippen molar-refractivity contribution in [3.05, 3.63) is 130 Å². The number of halogens is 4. The van der Waals surface area contributed by atoms with E-state index in [1.165, 1.54) is 17.0 Å². The summed E-state index contributed by atoms with van der Waals surface area (Å²) in [6.07, 6.45) is -4.79. The van der Waals surface area contributed by atoms with Crippen LogP contribution in [0.4, 0.5) is 18.9 Å². The standard InChI is InChI=1S/C35H35ClF3N3O4S/c1-4-40-34(44)32(20-26-11-6-5-7-12-26)41(22-27-13-9-8-10-25(27)3)33(43)23-42(47(45,46)29-17-14-24(2)15-18-29)28-16-19-31(36)30(21-28)35(37,38)39/h5-19,21,32H,4,20,22-23H2,1-3H3,(H,40,44)/t32-/m0/s1. The van der Waals surface area contributed by atoms with Gasteiger partial charge in [-0.1, -0.05) is 83.9 Å². The Morgan fingerprint density at radius 2 is 1.53 bits per heavy atom. The van der Waals surface area contributed by atoms with E-state index in [4.69, 9.17) is 11.6 Å². The zero-order chi connectivity index (χ0) is 34.4. The number of nitrogens with one attached hydrogen (secondary N) is 1. The first kappa shape index (κ1) is 35.5. The van der Waals surface area contributed by atoms with Crippen molar-refractivity contribution in [2.75, 3.05) is 17.4 Å². The number of alkyl halides is 3. The summed E-state index contributed by atoms with van der Waals surface area (Å²) >= 11 is 5.87. The molecule has 2 amide bonds. The van der Waals surface area contributed by atoms with Crippen LogP contribution in [0.1, 0.15) is 34.7 Å². The normalized spacial score (nSPS) is 12.3. The Hall–Kier alpha value is -4.35. The van der Waals surface area contributed by atoms with Gasteiger partial charge in [0.05, 0.1) is 21.2 Å². The number of carbonyl (C=O) groups excluding carboxylic acids is 2. The molecule has 0 heterocycles. The maximum Gasteiger partial charge on any atom is 0.417 e. The van der Waals surface area contributed by atoms with Gasteiger partial charge >= 0.3 is 6.18 Å². The first-order valence-corrected chi connectivity index (χ1v) is 16.7. The largest absolute Gasteiger partial charge is 0.417 e. The van der Waals surface area contributed by atoms with E-state index in [0.29, 0.717) is 15.9 Å². The number of sulfonamides is 1. The lowest BCUT2D eigenvalue weighted by molar-refractivity contribution is -0.140. The van der Waals surface area contributed by atoms with Gasteiger partial charge in [0, 0.05) is 19.5 Å². The molecule has 1 N–H and O–H groups in total. The Labute approximate surface area is 278 Å². The van der Waals surface area contributed by atoms with Crippen molar-refractivity contribution >= 4 is 39.1 Å². The average molecular weight is 686 g/mol. The lowest BCUT2D eigenvalue weighted by Gasteiger charge is -2.34. The maximum absolute atomic E-state index is 14.5. The highest BCUT2D eigenvalue weighted by Crippen LogP contribution is 2.38. The molecule has 0 spiro atoms. The summed E-state index contributed by atoms with van der Waals surface area (Å²) < 4.78 is 70.7. The van der Waals surface area contributed by atoms with Crippen LogP contribution >= 0.6 is 11.6 Å². The number of likely N-dealkylation sites (N-methyl/N-ethyl adjacent to an activating group) is 1. The highest BCUT2D eigenvalue weighted by atomic mass is 35.5. The molecule has 0 unspecified atom stereocenters. The minimum Gasteiger partial charge on any atom is -0.355 e. The topological polar surface area (TPSA) is 86.8 Å². The second-order valence-electron chi connectivity index (χ2n) is 11.0. The van der Waals surface area contributed by atoms with E-state index in [2.05, 4.69) is 5.32 Å². The number of hydrogen-bond donors (Lipinski definition) is 1. The zero-order valence-corrected chi connectivity index (χ0v) is 27.7. The number of aryl methyl sites for hydroxylation is 2. The number of anilines is 1. The van der Waals surface area contributed by atoms with Crippen LogP contribution in [0.3, 0.4) is 0 Å². The summed E-state index contributed by atoms with van der Waals surface area (Å²) in [4.78, 5) is 29.1. The van der Waals surface area contributed by atoms with Crippen molar-refractivity contribution in [1.82, 2.24) is 10.2 Å². The third-order valence-electron chi connectivity index (χ3n) is 7.66. The molecule has 0 aliphatic carbocycles. The predicted octanol–water partition coefficient (Wildman–Crippen LogP) is 6.95. The minimum absolute atomic E-state index is 0.0625. The molecule has 0 saturated carbocycles. The molecule has 0 saturated heterocycles. The number of carbonyl (C=O) groups is 2. The highest BCUT2D eigenvalue weighted by Gasteiger charge is 2.37. The number of benzene rings is 4. The monoisotopic (exact) mass is 685 g/mol. The molecule has 4 aromatic rings. The van der Waals surface area contributed by atoms with Crippen LogP contribution in [0.2, 0.25) is 5.02 Å². The Balaban J connectivity index is 1.87. The van der Waals surface area contributed by atoms with E-state index in [-0.39, 0.29) is 24.4 Å². The number of nitrogens with zero attached hydrogens (tertiary/aromatic N) is 2. The predicted molar refractivity (Wildman–Crippen MR) is 177 cm³/mol. The Bertz CT molecular complexity index is 1820. The third-order valence-corrected chi connectivity index (χ3v) is 9.77. The van der Waals surface area contributed by atoms with Gasteiger partial charge in [-0.15, -0.1) is 0 Å². The van der Waals surface area contributed by atoms with E-state index < -0.39 is 56.9 Å². The quantitative estimate of drug-likeness (QED) is 0.175. The van der Waals surface area contributed by atoms with Gasteiger partial charge in [0.1, 0.15) is 12.6 Å². The smallest absolute Gasteiger partial charge is 0.355 e. The lowest BCUT2D eigenvalue weighted by Crippen LogP contribution is -2.53. The second-order valence-corrected chi connectivity index (χ2v) is 13.3. The Morgan fingerprint density at radius 3 is 2.15 bits per heavy atom. The molecule has 248 valence electrons. The molecule has 4 aromatic carbocycles. The molecule has 4 rings (SSSR count). The molecule has 12 heteroatoms. The molecular weight excluding hydrogens is 651 g/mol. The van der Waals surface area contributed by atoms with Gasteiger partial charge in [0.2, 0.25) is 11.8 Å². The fourth-order valence-electron chi connectivity index (χ4n) is 5.07. The molecule has 0 aliphatic heterocycles. The van der Waals surface area contributed by atoms with Crippen LogP contribution in [0.25, 0.3) is 0 Å². The number of amides is 2. The van der Waals surface area contributed by atoms with Crippen molar-refractivity contribution in [3.8, 4) is 0 Å². The molecule has 0 aromatic heterocycles. The third kappa shape index (κ3) is 8.72.